The fourth-order valence-electron chi connectivity index (χ4n) is 1.58. The predicted octanol–water partition coefficient (Wildman–Crippen LogP) is 4.65. The normalized spacial score (nSPS) is 12.6. The monoisotopic (exact) mass is 228 g/mol. The molecule has 3 heteroatoms. The number of benzene rings is 1. The van der Waals surface area contributed by atoms with Gasteiger partial charge >= 0.3 is 6.18 Å². The lowest BCUT2D eigenvalue weighted by Crippen LogP contribution is -2.19. The van der Waals surface area contributed by atoms with Crippen molar-refractivity contribution in [1.29, 1.82) is 0 Å². The Morgan fingerprint density at radius 3 is 2.00 bits per heavy atom. The highest BCUT2D eigenvalue weighted by Crippen LogP contribution is 2.38. The molecule has 0 bridgehead atoms. The molecule has 0 N–H and O–H groups in total. The second kappa shape index (κ2) is 3.96. The predicted molar refractivity (Wildman–Crippen MR) is 60.2 cm³/mol. The van der Waals surface area contributed by atoms with Gasteiger partial charge in [0.25, 0.3) is 0 Å². The van der Waals surface area contributed by atoms with Crippen LogP contribution in [0.5, 0.6) is 0 Å². The molecule has 0 atom stereocenters. The first-order valence-corrected chi connectivity index (χ1v) is 5.00. The number of hydrogen-bond acceptors (Lipinski definition) is 0. The van der Waals surface area contributed by atoms with Crippen LogP contribution in [-0.2, 0) is 11.6 Å². The van der Waals surface area contributed by atoms with Gasteiger partial charge in [0.1, 0.15) is 0 Å². The van der Waals surface area contributed by atoms with Gasteiger partial charge < -0.3 is 0 Å². The maximum Gasteiger partial charge on any atom is 0.416 e. The van der Waals surface area contributed by atoms with Crippen LogP contribution in [0.15, 0.2) is 24.8 Å². The molecule has 1 aromatic carbocycles. The van der Waals surface area contributed by atoms with Crippen molar-refractivity contribution in [2.45, 2.75) is 32.4 Å². The highest BCUT2D eigenvalue weighted by molar-refractivity contribution is 5.51. The van der Waals surface area contributed by atoms with E-state index in [2.05, 4.69) is 6.58 Å². The van der Waals surface area contributed by atoms with Crippen LogP contribution < -0.4 is 0 Å². The van der Waals surface area contributed by atoms with E-state index >= 15 is 0 Å². The van der Waals surface area contributed by atoms with Crippen molar-refractivity contribution in [3.8, 4) is 0 Å². The van der Waals surface area contributed by atoms with Gasteiger partial charge in [-0.1, -0.05) is 45.6 Å². The lowest BCUT2D eigenvalue weighted by atomic mass is 9.83. The lowest BCUT2D eigenvalue weighted by molar-refractivity contribution is -0.138. The zero-order valence-corrected chi connectivity index (χ0v) is 9.65. The molecular weight excluding hydrogens is 213 g/mol. The molecule has 1 aromatic rings. The summed E-state index contributed by atoms with van der Waals surface area (Å²) < 4.78 is 38.6. The van der Waals surface area contributed by atoms with E-state index in [1.807, 2.05) is 0 Å². The quantitative estimate of drug-likeness (QED) is 0.656. The summed E-state index contributed by atoms with van der Waals surface area (Å²) in [5.41, 5.74) is -0.298. The van der Waals surface area contributed by atoms with Gasteiger partial charge in [-0.3, -0.25) is 0 Å². The molecule has 1 rings (SSSR count). The Bertz CT molecular complexity index is 395. The topological polar surface area (TPSA) is 0 Å². The first-order chi connectivity index (χ1) is 7.16. The molecule has 0 unspecified atom stereocenters. The van der Waals surface area contributed by atoms with Crippen LogP contribution in [0.3, 0.4) is 0 Å². The van der Waals surface area contributed by atoms with Gasteiger partial charge in [-0.05, 0) is 22.6 Å². The van der Waals surface area contributed by atoms with E-state index in [-0.39, 0.29) is 0 Å². The van der Waals surface area contributed by atoms with Gasteiger partial charge in [-0.2, -0.15) is 13.2 Å². The molecule has 0 radical (unpaired) electrons. The Morgan fingerprint density at radius 1 is 1.06 bits per heavy atom. The second-order valence-corrected chi connectivity index (χ2v) is 4.76. The van der Waals surface area contributed by atoms with Crippen LogP contribution >= 0.6 is 0 Å². The van der Waals surface area contributed by atoms with Crippen molar-refractivity contribution in [2.24, 2.45) is 0 Å². The smallest absolute Gasteiger partial charge is 0.166 e. The summed E-state index contributed by atoms with van der Waals surface area (Å²) in [5, 5.41) is 0. The van der Waals surface area contributed by atoms with E-state index in [0.717, 1.165) is 6.07 Å². The van der Waals surface area contributed by atoms with Gasteiger partial charge in [-0.25, -0.2) is 0 Å². The van der Waals surface area contributed by atoms with E-state index < -0.39 is 17.2 Å². The van der Waals surface area contributed by atoms with Crippen LogP contribution in [-0.4, -0.2) is 0 Å². The molecule has 0 aliphatic heterocycles. The molecule has 0 aliphatic rings. The molecule has 0 amide bonds. The van der Waals surface area contributed by atoms with Crippen LogP contribution in [0.1, 0.15) is 37.5 Å². The highest BCUT2D eigenvalue weighted by atomic mass is 19.4. The number of alkyl halides is 3. The second-order valence-electron chi connectivity index (χ2n) is 4.76. The Labute approximate surface area is 93.8 Å². The number of rotatable bonds is 1. The molecule has 0 fully saturated rings. The minimum atomic E-state index is -4.32. The van der Waals surface area contributed by atoms with Crippen LogP contribution in [0, 0.1) is 0 Å². The summed E-state index contributed by atoms with van der Waals surface area (Å²) in [6.45, 7) is 8.79. The summed E-state index contributed by atoms with van der Waals surface area (Å²) in [5.74, 6) is 0. The molecule has 0 aromatic heterocycles. The van der Waals surface area contributed by atoms with Gasteiger partial charge in [0.15, 0.2) is 0 Å². The highest BCUT2D eigenvalue weighted by Gasteiger charge is 2.36. The van der Waals surface area contributed by atoms with Crippen molar-refractivity contribution in [2.75, 3.05) is 0 Å². The van der Waals surface area contributed by atoms with Crippen molar-refractivity contribution < 1.29 is 13.2 Å². The summed E-state index contributed by atoms with van der Waals surface area (Å²) in [4.78, 5) is 0. The SMILES string of the molecule is C=Cc1ccc(C(C)(C)C)c(C(F)(F)F)c1. The average molecular weight is 228 g/mol. The Balaban J connectivity index is 3.45. The lowest BCUT2D eigenvalue weighted by Gasteiger charge is -2.24. The first kappa shape index (κ1) is 12.8. The summed E-state index contributed by atoms with van der Waals surface area (Å²) in [6.07, 6.45) is -2.90. The summed E-state index contributed by atoms with van der Waals surface area (Å²) >= 11 is 0. The fourth-order valence-corrected chi connectivity index (χ4v) is 1.58. The van der Waals surface area contributed by atoms with Crippen molar-refractivity contribution in [1.82, 2.24) is 0 Å². The Morgan fingerprint density at radius 2 is 1.62 bits per heavy atom. The third kappa shape index (κ3) is 2.65. The van der Waals surface area contributed by atoms with Crippen molar-refractivity contribution in [3.05, 3.63) is 41.5 Å². The molecule has 0 saturated carbocycles. The van der Waals surface area contributed by atoms with Crippen LogP contribution in [0.25, 0.3) is 6.08 Å². The molecule has 0 spiro atoms. The standard InChI is InChI=1S/C13H15F3/c1-5-9-6-7-10(12(2,3)4)11(8-9)13(14,15)16/h5-8H,1H2,2-4H3. The minimum absolute atomic E-state index is 0.311. The van der Waals surface area contributed by atoms with Crippen LogP contribution in [0.4, 0.5) is 13.2 Å². The van der Waals surface area contributed by atoms with Gasteiger partial charge in [-0.15, -0.1) is 0 Å². The van der Waals surface area contributed by atoms with Crippen LogP contribution in [0.2, 0.25) is 0 Å². The Hall–Kier alpha value is -1.25. The first-order valence-electron chi connectivity index (χ1n) is 5.00. The molecule has 0 aliphatic carbocycles. The number of hydrogen-bond donors (Lipinski definition) is 0. The van der Waals surface area contributed by atoms with Gasteiger partial charge in [0.2, 0.25) is 0 Å². The van der Waals surface area contributed by atoms with E-state index in [9.17, 15) is 13.2 Å². The zero-order valence-electron chi connectivity index (χ0n) is 9.65. The average Bonchev–Trinajstić information content (AvgIpc) is 2.14. The van der Waals surface area contributed by atoms with Gasteiger partial charge in [0, 0.05) is 0 Å². The van der Waals surface area contributed by atoms with E-state index in [0.29, 0.717) is 11.1 Å². The molecule has 0 saturated heterocycles. The zero-order chi connectivity index (χ0) is 12.6. The van der Waals surface area contributed by atoms with E-state index in [1.54, 1.807) is 26.8 Å². The third-order valence-electron chi connectivity index (χ3n) is 2.39. The number of halogens is 3. The Kier molecular flexibility index (Phi) is 3.17. The molecular formula is C13H15F3. The van der Waals surface area contributed by atoms with Crippen molar-refractivity contribution in [3.63, 3.8) is 0 Å². The molecule has 88 valence electrons. The summed E-state index contributed by atoms with van der Waals surface area (Å²) in [6, 6.07) is 4.33. The van der Waals surface area contributed by atoms with Gasteiger partial charge in [0.05, 0.1) is 5.56 Å². The largest absolute Gasteiger partial charge is 0.416 e. The molecule has 16 heavy (non-hydrogen) atoms. The molecule has 0 nitrogen and oxygen atoms in total. The maximum atomic E-state index is 12.9. The molecule has 0 heterocycles. The third-order valence-corrected chi connectivity index (χ3v) is 2.39. The fraction of sp³-hybridized carbons (Fsp3) is 0.385. The summed E-state index contributed by atoms with van der Waals surface area (Å²) in [7, 11) is 0. The van der Waals surface area contributed by atoms with E-state index in [1.165, 1.54) is 12.1 Å². The van der Waals surface area contributed by atoms with E-state index in [4.69, 9.17) is 0 Å². The maximum absolute atomic E-state index is 12.9. The minimum Gasteiger partial charge on any atom is -0.166 e. The van der Waals surface area contributed by atoms with Crippen molar-refractivity contribution >= 4 is 6.08 Å².